The number of hydrogen-bond donors (Lipinski definition) is 1. The largest absolute Gasteiger partial charge is 0.467 e. The Morgan fingerprint density at radius 1 is 1.44 bits per heavy atom. The molecule has 0 bridgehead atoms. The number of esters is 1. The summed E-state index contributed by atoms with van der Waals surface area (Å²) in [6.07, 6.45) is 1.50. The molecule has 1 saturated heterocycles. The lowest BCUT2D eigenvalue weighted by atomic mass is 10.2. The number of rotatable bonds is 2. The van der Waals surface area contributed by atoms with E-state index in [-0.39, 0.29) is 11.9 Å². The SMILES string of the molecule is CC.COC(=O)[C@@H]1CCCN1C(=O)[C@H](C)N. The number of carbonyl (C=O) groups excluding carboxylic acids is 2. The molecule has 0 unspecified atom stereocenters. The van der Waals surface area contributed by atoms with Gasteiger partial charge >= 0.3 is 5.97 Å². The summed E-state index contributed by atoms with van der Waals surface area (Å²) in [5.41, 5.74) is 5.48. The van der Waals surface area contributed by atoms with Crippen LogP contribution in [-0.4, -0.2) is 42.5 Å². The molecular weight excluding hydrogens is 208 g/mol. The maximum atomic E-state index is 11.6. The molecule has 1 rings (SSSR count). The lowest BCUT2D eigenvalue weighted by Gasteiger charge is -2.24. The third kappa shape index (κ3) is 3.48. The number of nitrogens with two attached hydrogens (primary N) is 1. The van der Waals surface area contributed by atoms with Gasteiger partial charge in [-0.05, 0) is 19.8 Å². The van der Waals surface area contributed by atoms with Gasteiger partial charge in [0.05, 0.1) is 13.2 Å². The first-order valence-corrected chi connectivity index (χ1v) is 5.71. The summed E-state index contributed by atoms with van der Waals surface area (Å²) in [5.74, 6) is -0.533. The summed E-state index contributed by atoms with van der Waals surface area (Å²) in [4.78, 5) is 24.4. The van der Waals surface area contributed by atoms with Crippen molar-refractivity contribution >= 4 is 11.9 Å². The summed E-state index contributed by atoms with van der Waals surface area (Å²) in [5, 5.41) is 0. The average molecular weight is 230 g/mol. The Bertz CT molecular complexity index is 241. The van der Waals surface area contributed by atoms with E-state index in [1.807, 2.05) is 13.8 Å². The fraction of sp³-hybridized carbons (Fsp3) is 0.818. The number of hydrogen-bond acceptors (Lipinski definition) is 4. The molecule has 2 atom stereocenters. The molecule has 2 N–H and O–H groups in total. The molecule has 1 aliphatic rings. The Hall–Kier alpha value is -1.10. The standard InChI is InChI=1S/C9H16N2O3.C2H6/c1-6(10)8(12)11-5-3-4-7(11)9(13)14-2;1-2/h6-7H,3-5,10H2,1-2H3;1-2H3/t6-,7-;/m0./s1. The third-order valence-corrected chi connectivity index (χ3v) is 2.40. The van der Waals surface area contributed by atoms with E-state index in [2.05, 4.69) is 4.74 Å². The van der Waals surface area contributed by atoms with Crippen LogP contribution in [-0.2, 0) is 14.3 Å². The van der Waals surface area contributed by atoms with Crippen molar-refractivity contribution in [3.05, 3.63) is 0 Å². The highest BCUT2D eigenvalue weighted by molar-refractivity contribution is 5.87. The van der Waals surface area contributed by atoms with Crippen molar-refractivity contribution in [3.63, 3.8) is 0 Å². The second kappa shape index (κ2) is 7.22. The molecule has 5 nitrogen and oxygen atoms in total. The number of methoxy groups -OCH3 is 1. The minimum atomic E-state index is -0.555. The van der Waals surface area contributed by atoms with Gasteiger partial charge in [0, 0.05) is 6.54 Å². The van der Waals surface area contributed by atoms with Gasteiger partial charge in [0.2, 0.25) is 5.91 Å². The van der Waals surface area contributed by atoms with Gasteiger partial charge in [-0.25, -0.2) is 4.79 Å². The Labute approximate surface area is 96.9 Å². The molecule has 1 fully saturated rings. The third-order valence-electron chi connectivity index (χ3n) is 2.40. The van der Waals surface area contributed by atoms with Crippen LogP contribution < -0.4 is 5.73 Å². The average Bonchev–Trinajstić information content (AvgIpc) is 2.78. The lowest BCUT2D eigenvalue weighted by molar-refractivity contribution is -0.151. The lowest BCUT2D eigenvalue weighted by Crippen LogP contribution is -2.47. The predicted molar refractivity (Wildman–Crippen MR) is 61.7 cm³/mol. The van der Waals surface area contributed by atoms with Crippen LogP contribution >= 0.6 is 0 Å². The van der Waals surface area contributed by atoms with E-state index in [1.54, 1.807) is 6.92 Å². The summed E-state index contributed by atoms with van der Waals surface area (Å²) in [7, 11) is 1.33. The number of carbonyl (C=O) groups is 2. The minimum Gasteiger partial charge on any atom is -0.467 e. The van der Waals surface area contributed by atoms with Gasteiger partial charge < -0.3 is 15.4 Å². The summed E-state index contributed by atoms with van der Waals surface area (Å²) in [6, 6.07) is -0.987. The van der Waals surface area contributed by atoms with Gasteiger partial charge in [-0.2, -0.15) is 0 Å². The smallest absolute Gasteiger partial charge is 0.328 e. The van der Waals surface area contributed by atoms with Crippen molar-refractivity contribution in [2.45, 2.75) is 45.7 Å². The van der Waals surface area contributed by atoms with E-state index < -0.39 is 12.1 Å². The van der Waals surface area contributed by atoms with Crippen LogP contribution in [0.4, 0.5) is 0 Å². The Balaban J connectivity index is 0.00000106. The van der Waals surface area contributed by atoms with Crippen molar-refractivity contribution in [2.24, 2.45) is 5.73 Å². The van der Waals surface area contributed by atoms with E-state index in [0.29, 0.717) is 13.0 Å². The van der Waals surface area contributed by atoms with Crippen molar-refractivity contribution in [3.8, 4) is 0 Å². The summed E-state index contributed by atoms with van der Waals surface area (Å²) >= 11 is 0. The van der Waals surface area contributed by atoms with Crippen molar-refractivity contribution < 1.29 is 14.3 Å². The van der Waals surface area contributed by atoms with E-state index in [4.69, 9.17) is 5.73 Å². The van der Waals surface area contributed by atoms with E-state index >= 15 is 0 Å². The fourth-order valence-corrected chi connectivity index (χ4v) is 1.67. The molecule has 1 amide bonds. The first kappa shape index (κ1) is 14.9. The number of nitrogens with zero attached hydrogens (tertiary/aromatic N) is 1. The van der Waals surface area contributed by atoms with Crippen molar-refractivity contribution in [2.75, 3.05) is 13.7 Å². The monoisotopic (exact) mass is 230 g/mol. The molecule has 0 aromatic heterocycles. The van der Waals surface area contributed by atoms with Gasteiger partial charge in [0.1, 0.15) is 6.04 Å². The number of amides is 1. The minimum absolute atomic E-state index is 0.182. The first-order chi connectivity index (χ1) is 7.57. The number of likely N-dealkylation sites (tertiary alicyclic amines) is 1. The van der Waals surface area contributed by atoms with Crippen LogP contribution in [0, 0.1) is 0 Å². The van der Waals surface area contributed by atoms with E-state index in [9.17, 15) is 9.59 Å². The fourth-order valence-electron chi connectivity index (χ4n) is 1.67. The van der Waals surface area contributed by atoms with E-state index in [0.717, 1.165) is 6.42 Å². The molecular formula is C11H22N2O3. The van der Waals surface area contributed by atoms with Crippen LogP contribution in [0.15, 0.2) is 0 Å². The van der Waals surface area contributed by atoms with E-state index in [1.165, 1.54) is 12.0 Å². The van der Waals surface area contributed by atoms with Gasteiger partial charge in [0.15, 0.2) is 0 Å². The van der Waals surface area contributed by atoms with Gasteiger partial charge in [-0.1, -0.05) is 13.8 Å². The quantitative estimate of drug-likeness (QED) is 0.702. The maximum Gasteiger partial charge on any atom is 0.328 e. The second-order valence-electron chi connectivity index (χ2n) is 3.50. The first-order valence-electron chi connectivity index (χ1n) is 5.71. The highest BCUT2D eigenvalue weighted by Crippen LogP contribution is 2.18. The van der Waals surface area contributed by atoms with Gasteiger partial charge in [0.25, 0.3) is 0 Å². The normalized spacial score (nSPS) is 20.8. The molecule has 0 aromatic carbocycles. The zero-order valence-corrected chi connectivity index (χ0v) is 10.5. The van der Waals surface area contributed by atoms with Gasteiger partial charge in [-0.3, -0.25) is 4.79 Å². The highest BCUT2D eigenvalue weighted by atomic mass is 16.5. The van der Waals surface area contributed by atoms with Crippen molar-refractivity contribution in [1.82, 2.24) is 4.90 Å². The zero-order valence-electron chi connectivity index (χ0n) is 10.5. The van der Waals surface area contributed by atoms with Crippen LogP contribution in [0.5, 0.6) is 0 Å². The Morgan fingerprint density at radius 3 is 2.44 bits per heavy atom. The van der Waals surface area contributed by atoms with Crippen LogP contribution in [0.1, 0.15) is 33.6 Å². The Kier molecular flexibility index (Phi) is 6.72. The topological polar surface area (TPSA) is 72.6 Å². The van der Waals surface area contributed by atoms with Gasteiger partial charge in [-0.15, -0.1) is 0 Å². The molecule has 0 aliphatic carbocycles. The van der Waals surface area contributed by atoms with Crippen LogP contribution in [0.2, 0.25) is 0 Å². The molecule has 0 radical (unpaired) electrons. The Morgan fingerprint density at radius 2 is 2.00 bits per heavy atom. The highest BCUT2D eigenvalue weighted by Gasteiger charge is 2.35. The molecule has 0 spiro atoms. The molecule has 0 saturated carbocycles. The summed E-state index contributed by atoms with van der Waals surface area (Å²) < 4.78 is 4.62. The molecule has 1 aliphatic heterocycles. The predicted octanol–water partition coefficient (Wildman–Crippen LogP) is 0.524. The second-order valence-corrected chi connectivity index (χ2v) is 3.50. The van der Waals surface area contributed by atoms with Crippen LogP contribution in [0.25, 0.3) is 0 Å². The molecule has 0 aromatic rings. The van der Waals surface area contributed by atoms with Crippen LogP contribution in [0.3, 0.4) is 0 Å². The molecule has 5 heteroatoms. The van der Waals surface area contributed by atoms with Crippen molar-refractivity contribution in [1.29, 1.82) is 0 Å². The summed E-state index contributed by atoms with van der Waals surface area (Å²) in [6.45, 7) is 6.22. The number of ether oxygens (including phenoxy) is 1. The molecule has 1 heterocycles. The molecule has 94 valence electrons. The maximum absolute atomic E-state index is 11.6. The zero-order chi connectivity index (χ0) is 12.7. The molecule has 16 heavy (non-hydrogen) atoms.